The number of carbonyl (C=O) groups excluding carboxylic acids is 1. The predicted molar refractivity (Wildman–Crippen MR) is 71.0 cm³/mol. The molecule has 0 aliphatic rings. The monoisotopic (exact) mass is 297 g/mol. The second kappa shape index (κ2) is 5.33. The highest BCUT2D eigenvalue weighted by atomic mass is 35.5. The van der Waals surface area contributed by atoms with Crippen LogP contribution in [0.4, 0.5) is 5.69 Å². The number of halogens is 1. The van der Waals surface area contributed by atoms with Gasteiger partial charge in [-0.2, -0.15) is 0 Å². The van der Waals surface area contributed by atoms with Crippen molar-refractivity contribution >= 4 is 40.7 Å². The highest BCUT2D eigenvalue weighted by Gasteiger charge is 2.17. The van der Waals surface area contributed by atoms with Gasteiger partial charge in [-0.25, -0.2) is 4.79 Å². The first-order valence-electron chi connectivity index (χ1n) is 5.12. The first-order chi connectivity index (χ1) is 8.99. The number of hydrogen-bond donors (Lipinski definition) is 2. The van der Waals surface area contributed by atoms with E-state index < -0.39 is 11.9 Å². The van der Waals surface area contributed by atoms with Gasteiger partial charge in [-0.3, -0.25) is 4.79 Å². The third kappa shape index (κ3) is 2.88. The molecule has 0 spiro atoms. The number of carbonyl (C=O) groups is 2. The highest BCUT2D eigenvalue weighted by Crippen LogP contribution is 2.22. The molecule has 0 atom stereocenters. The van der Waals surface area contributed by atoms with Crippen LogP contribution < -0.4 is 5.32 Å². The molecule has 1 heterocycles. The Kier molecular flexibility index (Phi) is 3.77. The quantitative estimate of drug-likeness (QED) is 0.908. The molecule has 98 valence electrons. The summed E-state index contributed by atoms with van der Waals surface area (Å²) in [6.45, 7) is 1.65. The van der Waals surface area contributed by atoms with Crippen LogP contribution in [0, 0.1) is 6.92 Å². The van der Waals surface area contributed by atoms with Crippen LogP contribution in [0.25, 0.3) is 0 Å². The number of rotatable bonds is 3. The number of aryl methyl sites for hydroxylation is 1. The van der Waals surface area contributed by atoms with Gasteiger partial charge >= 0.3 is 5.97 Å². The number of nitrogens with one attached hydrogen (secondary N) is 1. The lowest BCUT2D eigenvalue weighted by molar-refractivity contribution is 0.0698. The molecule has 0 radical (unpaired) electrons. The molecule has 6 nitrogen and oxygen atoms in total. The average molecular weight is 298 g/mol. The SMILES string of the molecule is Cc1nnsc1C(=O)Nc1ccc(Cl)cc1C(=O)O. The van der Waals surface area contributed by atoms with E-state index in [4.69, 9.17) is 16.7 Å². The van der Waals surface area contributed by atoms with Gasteiger partial charge in [-0.1, -0.05) is 16.1 Å². The molecule has 19 heavy (non-hydrogen) atoms. The Balaban J connectivity index is 2.32. The number of aromatic nitrogens is 2. The van der Waals surface area contributed by atoms with Crippen LogP contribution in [-0.4, -0.2) is 26.6 Å². The molecule has 0 saturated carbocycles. The lowest BCUT2D eigenvalue weighted by Gasteiger charge is -2.07. The molecule has 1 aromatic heterocycles. The molecular formula is C11H8ClN3O3S. The van der Waals surface area contributed by atoms with E-state index in [0.717, 1.165) is 11.5 Å². The number of carboxylic acids is 1. The van der Waals surface area contributed by atoms with Crippen LogP contribution in [-0.2, 0) is 0 Å². The normalized spacial score (nSPS) is 10.2. The number of amides is 1. The molecule has 1 amide bonds. The summed E-state index contributed by atoms with van der Waals surface area (Å²) in [5.74, 6) is -1.62. The molecule has 0 bridgehead atoms. The first-order valence-corrected chi connectivity index (χ1v) is 6.27. The Morgan fingerprint density at radius 2 is 2.16 bits per heavy atom. The standard InChI is InChI=1S/C11H8ClN3O3S/c1-5-9(19-15-14-5)10(16)13-8-3-2-6(12)4-7(8)11(17)18/h2-4H,1H3,(H,13,16)(H,17,18). The van der Waals surface area contributed by atoms with E-state index in [1.807, 2.05) is 0 Å². The zero-order valence-corrected chi connectivity index (χ0v) is 11.2. The largest absolute Gasteiger partial charge is 0.478 e. The maximum Gasteiger partial charge on any atom is 0.337 e. The number of carboxylic acid groups (broad SMARTS) is 1. The zero-order chi connectivity index (χ0) is 14.0. The predicted octanol–water partition coefficient (Wildman–Crippen LogP) is 2.45. The van der Waals surface area contributed by atoms with Gasteiger partial charge < -0.3 is 10.4 Å². The molecule has 8 heteroatoms. The van der Waals surface area contributed by atoms with E-state index in [-0.39, 0.29) is 16.3 Å². The number of aromatic carboxylic acids is 1. The molecular weight excluding hydrogens is 290 g/mol. The van der Waals surface area contributed by atoms with Crippen molar-refractivity contribution in [1.29, 1.82) is 0 Å². The summed E-state index contributed by atoms with van der Waals surface area (Å²) in [4.78, 5) is 23.4. The van der Waals surface area contributed by atoms with E-state index in [2.05, 4.69) is 14.9 Å². The first kappa shape index (κ1) is 13.4. The molecule has 2 aromatic rings. The summed E-state index contributed by atoms with van der Waals surface area (Å²) < 4.78 is 3.65. The van der Waals surface area contributed by atoms with E-state index in [1.54, 1.807) is 6.92 Å². The summed E-state index contributed by atoms with van der Waals surface area (Å²) in [6, 6.07) is 4.21. The minimum absolute atomic E-state index is 0.0732. The molecule has 0 fully saturated rings. The van der Waals surface area contributed by atoms with Crippen LogP contribution in [0.1, 0.15) is 25.7 Å². The van der Waals surface area contributed by atoms with Crippen molar-refractivity contribution in [1.82, 2.24) is 9.59 Å². The van der Waals surface area contributed by atoms with Crippen LogP contribution in [0.15, 0.2) is 18.2 Å². The van der Waals surface area contributed by atoms with Crippen molar-refractivity contribution in [2.45, 2.75) is 6.92 Å². The average Bonchev–Trinajstić information content (AvgIpc) is 2.77. The Bertz CT molecular complexity index is 656. The number of nitrogens with zero attached hydrogens (tertiary/aromatic N) is 2. The molecule has 0 aliphatic heterocycles. The van der Waals surface area contributed by atoms with E-state index in [0.29, 0.717) is 10.6 Å². The van der Waals surface area contributed by atoms with Crippen LogP contribution >= 0.6 is 23.1 Å². The number of benzene rings is 1. The van der Waals surface area contributed by atoms with Crippen LogP contribution in [0.3, 0.4) is 0 Å². The van der Waals surface area contributed by atoms with Gasteiger partial charge in [0.2, 0.25) is 0 Å². The maximum absolute atomic E-state index is 11.9. The maximum atomic E-state index is 11.9. The fourth-order valence-electron chi connectivity index (χ4n) is 1.42. The third-order valence-corrected chi connectivity index (χ3v) is 3.38. The van der Waals surface area contributed by atoms with Gasteiger partial charge in [0.1, 0.15) is 4.88 Å². The number of anilines is 1. The van der Waals surface area contributed by atoms with Crippen LogP contribution in [0.2, 0.25) is 5.02 Å². The Labute approximate surface area is 117 Å². The molecule has 2 N–H and O–H groups in total. The Morgan fingerprint density at radius 3 is 2.74 bits per heavy atom. The van der Waals surface area contributed by atoms with Gasteiger partial charge in [0, 0.05) is 5.02 Å². The third-order valence-electron chi connectivity index (χ3n) is 2.32. The molecule has 2 rings (SSSR count). The van der Waals surface area contributed by atoms with E-state index >= 15 is 0 Å². The Hall–Kier alpha value is -1.99. The van der Waals surface area contributed by atoms with Crippen molar-refractivity contribution in [2.24, 2.45) is 0 Å². The summed E-state index contributed by atoms with van der Waals surface area (Å²) in [7, 11) is 0. The van der Waals surface area contributed by atoms with Gasteiger partial charge in [0.15, 0.2) is 0 Å². The second-order valence-electron chi connectivity index (χ2n) is 3.64. The lowest BCUT2D eigenvalue weighted by Crippen LogP contribution is -2.14. The minimum Gasteiger partial charge on any atom is -0.478 e. The van der Waals surface area contributed by atoms with Crippen molar-refractivity contribution in [3.8, 4) is 0 Å². The van der Waals surface area contributed by atoms with Gasteiger partial charge in [0.05, 0.1) is 16.9 Å². The van der Waals surface area contributed by atoms with Gasteiger partial charge in [0.25, 0.3) is 5.91 Å². The number of hydrogen-bond acceptors (Lipinski definition) is 5. The van der Waals surface area contributed by atoms with Crippen molar-refractivity contribution in [3.05, 3.63) is 39.4 Å². The topological polar surface area (TPSA) is 92.2 Å². The minimum atomic E-state index is -1.17. The van der Waals surface area contributed by atoms with E-state index in [1.165, 1.54) is 18.2 Å². The van der Waals surface area contributed by atoms with Gasteiger partial charge in [-0.15, -0.1) is 5.10 Å². The Morgan fingerprint density at radius 1 is 1.42 bits per heavy atom. The zero-order valence-electron chi connectivity index (χ0n) is 9.68. The summed E-state index contributed by atoms with van der Waals surface area (Å²) in [6.07, 6.45) is 0. The van der Waals surface area contributed by atoms with Crippen molar-refractivity contribution in [3.63, 3.8) is 0 Å². The summed E-state index contributed by atoms with van der Waals surface area (Å²) in [5, 5.41) is 15.6. The molecule has 0 unspecified atom stereocenters. The second-order valence-corrected chi connectivity index (χ2v) is 4.83. The van der Waals surface area contributed by atoms with E-state index in [9.17, 15) is 9.59 Å². The summed E-state index contributed by atoms with van der Waals surface area (Å²) >= 11 is 6.68. The van der Waals surface area contributed by atoms with Crippen molar-refractivity contribution in [2.75, 3.05) is 5.32 Å². The molecule has 1 aromatic carbocycles. The summed E-state index contributed by atoms with van der Waals surface area (Å²) in [5.41, 5.74) is 0.596. The van der Waals surface area contributed by atoms with Gasteiger partial charge in [-0.05, 0) is 36.7 Å². The fraction of sp³-hybridized carbons (Fsp3) is 0.0909. The molecule has 0 saturated heterocycles. The highest BCUT2D eigenvalue weighted by molar-refractivity contribution is 7.08. The van der Waals surface area contributed by atoms with Crippen LogP contribution in [0.5, 0.6) is 0 Å². The smallest absolute Gasteiger partial charge is 0.337 e. The van der Waals surface area contributed by atoms with Crippen molar-refractivity contribution < 1.29 is 14.7 Å². The molecule has 0 aliphatic carbocycles. The fourth-order valence-corrected chi connectivity index (χ4v) is 2.15. The lowest BCUT2D eigenvalue weighted by atomic mass is 10.1.